The Bertz CT molecular complexity index is 636. The Labute approximate surface area is 129 Å². The van der Waals surface area contributed by atoms with Crippen LogP contribution in [-0.2, 0) is 4.79 Å². The van der Waals surface area contributed by atoms with Crippen molar-refractivity contribution in [3.8, 4) is 5.69 Å². The molecule has 0 fully saturated rings. The number of carbonyl (C=O) groups is 1. The number of benzene rings is 1. The van der Waals surface area contributed by atoms with Crippen LogP contribution in [0.4, 0.5) is 5.82 Å². The highest BCUT2D eigenvalue weighted by Gasteiger charge is 2.27. The van der Waals surface area contributed by atoms with Crippen molar-refractivity contribution < 1.29 is 4.79 Å². The predicted octanol–water partition coefficient (Wildman–Crippen LogP) is 2.98. The first-order chi connectivity index (χ1) is 9.94. The van der Waals surface area contributed by atoms with Crippen LogP contribution in [0.3, 0.4) is 0 Å². The fraction of sp³-hybridized carbons (Fsp3) is 0.333. The van der Waals surface area contributed by atoms with Gasteiger partial charge in [-0.1, -0.05) is 37.1 Å². The second-order valence-electron chi connectivity index (χ2n) is 5.22. The zero-order valence-electron chi connectivity index (χ0n) is 12.1. The molecular formula is C15H19ClN4O. The summed E-state index contributed by atoms with van der Waals surface area (Å²) in [7, 11) is 0. The largest absolute Gasteiger partial charge is 0.318 e. The van der Waals surface area contributed by atoms with Crippen LogP contribution < -0.4 is 11.1 Å². The zero-order chi connectivity index (χ0) is 15.5. The molecule has 0 saturated carbocycles. The molecule has 112 valence electrons. The van der Waals surface area contributed by atoms with Gasteiger partial charge in [0, 0.05) is 12.3 Å². The van der Waals surface area contributed by atoms with E-state index in [1.54, 1.807) is 29.9 Å². The number of para-hydroxylation sites is 1. The molecule has 3 N–H and O–H groups in total. The van der Waals surface area contributed by atoms with Crippen LogP contribution in [-0.4, -0.2) is 21.2 Å². The number of halogens is 1. The van der Waals surface area contributed by atoms with Gasteiger partial charge in [-0.25, -0.2) is 4.68 Å². The summed E-state index contributed by atoms with van der Waals surface area (Å²) in [4.78, 5) is 12.1. The van der Waals surface area contributed by atoms with Crippen LogP contribution in [0.2, 0.25) is 5.02 Å². The standard InChI is InChI=1S/C15H19ClN4O/c1-3-9-15(2,17)14(21)18-13-8-10-20(19-13)12-7-5-4-6-11(12)16/h4-8,10H,3,9,17H2,1-2H3,(H,18,19,21). The summed E-state index contributed by atoms with van der Waals surface area (Å²) in [6.45, 7) is 3.71. The van der Waals surface area contributed by atoms with Crippen molar-refractivity contribution in [3.63, 3.8) is 0 Å². The summed E-state index contributed by atoms with van der Waals surface area (Å²) in [5.41, 5.74) is 5.85. The fourth-order valence-corrected chi connectivity index (χ4v) is 2.28. The first-order valence-electron chi connectivity index (χ1n) is 6.85. The molecule has 1 amide bonds. The molecule has 0 saturated heterocycles. The topological polar surface area (TPSA) is 72.9 Å². The quantitative estimate of drug-likeness (QED) is 0.892. The number of hydrogen-bond donors (Lipinski definition) is 2. The molecule has 0 aliphatic carbocycles. The maximum absolute atomic E-state index is 12.1. The van der Waals surface area contributed by atoms with E-state index in [9.17, 15) is 4.79 Å². The number of carbonyl (C=O) groups excluding carboxylic acids is 1. The Hall–Kier alpha value is -1.85. The first kappa shape index (κ1) is 15.5. The van der Waals surface area contributed by atoms with Crippen LogP contribution in [0, 0.1) is 0 Å². The molecule has 1 atom stereocenters. The van der Waals surface area contributed by atoms with Gasteiger partial charge >= 0.3 is 0 Å². The molecule has 1 aromatic heterocycles. The molecule has 1 aromatic carbocycles. The number of rotatable bonds is 5. The average molecular weight is 307 g/mol. The van der Waals surface area contributed by atoms with E-state index >= 15 is 0 Å². The number of anilines is 1. The van der Waals surface area contributed by atoms with Gasteiger partial charge in [0.25, 0.3) is 0 Å². The summed E-state index contributed by atoms with van der Waals surface area (Å²) in [6, 6.07) is 9.07. The lowest BCUT2D eigenvalue weighted by Crippen LogP contribution is -2.48. The first-order valence-corrected chi connectivity index (χ1v) is 7.23. The van der Waals surface area contributed by atoms with Crippen molar-refractivity contribution in [3.05, 3.63) is 41.6 Å². The number of aromatic nitrogens is 2. The van der Waals surface area contributed by atoms with Gasteiger partial charge in [-0.05, 0) is 25.5 Å². The molecule has 2 aromatic rings. The predicted molar refractivity (Wildman–Crippen MR) is 84.7 cm³/mol. The highest BCUT2D eigenvalue weighted by atomic mass is 35.5. The Morgan fingerprint density at radius 2 is 2.14 bits per heavy atom. The van der Waals surface area contributed by atoms with Gasteiger partial charge in [0.15, 0.2) is 5.82 Å². The van der Waals surface area contributed by atoms with Gasteiger partial charge in [0.2, 0.25) is 5.91 Å². The minimum atomic E-state index is -0.900. The molecule has 0 bridgehead atoms. The summed E-state index contributed by atoms with van der Waals surface area (Å²) in [6.07, 6.45) is 3.20. The summed E-state index contributed by atoms with van der Waals surface area (Å²) < 4.78 is 1.62. The monoisotopic (exact) mass is 306 g/mol. The van der Waals surface area contributed by atoms with E-state index < -0.39 is 5.54 Å². The van der Waals surface area contributed by atoms with Crippen molar-refractivity contribution in [1.29, 1.82) is 0 Å². The highest BCUT2D eigenvalue weighted by molar-refractivity contribution is 6.32. The minimum Gasteiger partial charge on any atom is -0.318 e. The van der Waals surface area contributed by atoms with E-state index in [4.69, 9.17) is 17.3 Å². The van der Waals surface area contributed by atoms with E-state index in [-0.39, 0.29) is 5.91 Å². The van der Waals surface area contributed by atoms with E-state index in [1.165, 1.54) is 0 Å². The maximum Gasteiger partial charge on any atom is 0.245 e. The summed E-state index contributed by atoms with van der Waals surface area (Å²) in [5.74, 6) is 0.210. The Kier molecular flexibility index (Phi) is 4.65. The molecule has 2 rings (SSSR count). The third-order valence-electron chi connectivity index (χ3n) is 3.22. The van der Waals surface area contributed by atoms with Crippen molar-refractivity contribution in [2.75, 3.05) is 5.32 Å². The molecular weight excluding hydrogens is 288 g/mol. The van der Waals surface area contributed by atoms with Crippen LogP contribution in [0.15, 0.2) is 36.5 Å². The lowest BCUT2D eigenvalue weighted by molar-refractivity contribution is -0.120. The van der Waals surface area contributed by atoms with Crippen LogP contribution in [0.5, 0.6) is 0 Å². The number of hydrogen-bond acceptors (Lipinski definition) is 3. The fourth-order valence-electron chi connectivity index (χ4n) is 2.05. The third kappa shape index (κ3) is 3.62. The zero-order valence-corrected chi connectivity index (χ0v) is 12.9. The Morgan fingerprint density at radius 3 is 2.81 bits per heavy atom. The van der Waals surface area contributed by atoms with Gasteiger partial charge in [-0.15, -0.1) is 0 Å². The van der Waals surface area contributed by atoms with Crippen molar-refractivity contribution >= 4 is 23.3 Å². The number of amides is 1. The maximum atomic E-state index is 12.1. The Balaban J connectivity index is 2.14. The second-order valence-corrected chi connectivity index (χ2v) is 5.63. The SMILES string of the molecule is CCCC(C)(N)C(=O)Nc1ccn(-c2ccccc2Cl)n1. The van der Waals surface area contributed by atoms with Gasteiger partial charge in [0.05, 0.1) is 16.2 Å². The molecule has 0 spiro atoms. The molecule has 1 heterocycles. The van der Waals surface area contributed by atoms with Crippen LogP contribution in [0.1, 0.15) is 26.7 Å². The lowest BCUT2D eigenvalue weighted by atomic mass is 9.97. The number of nitrogens with zero attached hydrogens (tertiary/aromatic N) is 2. The van der Waals surface area contributed by atoms with Crippen LogP contribution >= 0.6 is 11.6 Å². The number of nitrogens with one attached hydrogen (secondary N) is 1. The summed E-state index contributed by atoms with van der Waals surface area (Å²) in [5, 5.41) is 7.63. The molecule has 6 heteroatoms. The third-order valence-corrected chi connectivity index (χ3v) is 3.54. The van der Waals surface area contributed by atoms with Gasteiger partial charge in [-0.3, -0.25) is 4.79 Å². The normalized spacial score (nSPS) is 13.7. The molecule has 0 aliphatic heterocycles. The highest BCUT2D eigenvalue weighted by Crippen LogP contribution is 2.20. The van der Waals surface area contributed by atoms with Gasteiger partial charge in [-0.2, -0.15) is 5.10 Å². The molecule has 0 aliphatic rings. The Morgan fingerprint density at radius 1 is 1.43 bits per heavy atom. The summed E-state index contributed by atoms with van der Waals surface area (Å²) >= 11 is 6.12. The van der Waals surface area contributed by atoms with Crippen molar-refractivity contribution in [1.82, 2.24) is 9.78 Å². The minimum absolute atomic E-state index is 0.242. The number of nitrogens with two attached hydrogens (primary N) is 1. The molecule has 21 heavy (non-hydrogen) atoms. The van der Waals surface area contributed by atoms with E-state index in [1.807, 2.05) is 25.1 Å². The smallest absolute Gasteiger partial charge is 0.245 e. The second kappa shape index (κ2) is 6.28. The van der Waals surface area contributed by atoms with E-state index in [0.29, 0.717) is 17.3 Å². The van der Waals surface area contributed by atoms with E-state index in [0.717, 1.165) is 12.1 Å². The van der Waals surface area contributed by atoms with Crippen molar-refractivity contribution in [2.24, 2.45) is 5.73 Å². The van der Waals surface area contributed by atoms with E-state index in [2.05, 4.69) is 10.4 Å². The van der Waals surface area contributed by atoms with Crippen LogP contribution in [0.25, 0.3) is 5.69 Å². The molecule has 5 nitrogen and oxygen atoms in total. The lowest BCUT2D eigenvalue weighted by Gasteiger charge is -2.21. The van der Waals surface area contributed by atoms with Gasteiger partial charge < -0.3 is 11.1 Å². The molecule has 0 radical (unpaired) electrons. The average Bonchev–Trinajstić information content (AvgIpc) is 2.87. The molecule has 1 unspecified atom stereocenters. The van der Waals surface area contributed by atoms with Gasteiger partial charge in [0.1, 0.15) is 0 Å². The van der Waals surface area contributed by atoms with Crippen molar-refractivity contribution in [2.45, 2.75) is 32.2 Å².